The SMILES string of the molecule is CC(C)(C)OC(=O)N1C[C@H](F)C[C@H]1COc1nc2c(c(N3CCN[C@@H](CC#N)C3)n1)CCN(c1cncc(F)c1C(F)(F)F)C2. The van der Waals surface area contributed by atoms with Crippen molar-refractivity contribution >= 4 is 17.6 Å². The van der Waals surface area contributed by atoms with Crippen molar-refractivity contribution in [3.63, 3.8) is 0 Å². The molecule has 0 radical (unpaired) electrons. The second-order valence-electron chi connectivity index (χ2n) is 12.3. The number of halogens is 5. The molecule has 0 aliphatic carbocycles. The fourth-order valence-electron chi connectivity index (χ4n) is 5.86. The first-order valence-electron chi connectivity index (χ1n) is 14.7. The molecule has 45 heavy (non-hydrogen) atoms. The highest BCUT2D eigenvalue weighted by Crippen LogP contribution is 2.40. The van der Waals surface area contributed by atoms with Gasteiger partial charge < -0.3 is 24.6 Å². The molecule has 5 rings (SSSR count). The van der Waals surface area contributed by atoms with Crippen LogP contribution in [-0.2, 0) is 23.9 Å². The topological polar surface area (TPSA) is 120 Å². The van der Waals surface area contributed by atoms with Crippen LogP contribution in [0.15, 0.2) is 12.4 Å². The maximum absolute atomic E-state index is 14.4. The first-order chi connectivity index (χ1) is 21.2. The predicted molar refractivity (Wildman–Crippen MR) is 152 cm³/mol. The molecule has 0 saturated carbocycles. The van der Waals surface area contributed by atoms with E-state index in [9.17, 15) is 32.0 Å². The molecule has 0 aromatic carbocycles. The zero-order chi connectivity index (χ0) is 32.5. The quantitative estimate of drug-likeness (QED) is 0.465. The molecule has 3 aliphatic rings. The highest BCUT2D eigenvalue weighted by Gasteiger charge is 2.41. The predicted octanol–water partition coefficient (Wildman–Crippen LogP) is 4.01. The number of amides is 1. The summed E-state index contributed by atoms with van der Waals surface area (Å²) in [4.78, 5) is 30.2. The standard InChI is InChI=1S/C29H35F5N8O3/c1-28(2,3)45-27(43)42-13-17(30)10-19(42)16-44-26-38-22-15-40(23-12-36-11-21(31)24(23)29(32,33)34)8-5-20(22)25(39-26)41-9-7-37-18(14-41)4-6-35/h11-12,17-19,37H,4-5,7-10,13-16H2,1-3H3/t17-,18+,19+/m1/s1. The number of rotatable bonds is 6. The summed E-state index contributed by atoms with van der Waals surface area (Å²) in [5.74, 6) is -0.953. The van der Waals surface area contributed by atoms with E-state index in [2.05, 4.69) is 26.3 Å². The normalized spacial score (nSPS) is 22.2. The summed E-state index contributed by atoms with van der Waals surface area (Å²) >= 11 is 0. The average Bonchev–Trinajstić information content (AvgIpc) is 3.34. The number of hydrogen-bond donors (Lipinski definition) is 1. The van der Waals surface area contributed by atoms with Crippen LogP contribution >= 0.6 is 0 Å². The number of ether oxygens (including phenoxy) is 2. The number of anilines is 2. The molecule has 3 atom stereocenters. The lowest BCUT2D eigenvalue weighted by Crippen LogP contribution is -2.51. The summed E-state index contributed by atoms with van der Waals surface area (Å²) in [6.07, 6.45) is -4.84. The van der Waals surface area contributed by atoms with Crippen molar-refractivity contribution in [2.24, 2.45) is 0 Å². The van der Waals surface area contributed by atoms with Gasteiger partial charge in [-0.2, -0.15) is 28.4 Å². The molecule has 11 nitrogen and oxygen atoms in total. The minimum atomic E-state index is -4.94. The number of nitrogens with zero attached hydrogens (tertiary/aromatic N) is 7. The Hall–Kier alpha value is -4.00. The van der Waals surface area contributed by atoms with E-state index in [0.717, 1.165) is 6.20 Å². The van der Waals surface area contributed by atoms with Crippen LogP contribution in [0, 0.1) is 17.1 Å². The van der Waals surface area contributed by atoms with Gasteiger partial charge in [0, 0.05) is 44.2 Å². The van der Waals surface area contributed by atoms with Gasteiger partial charge in [0.25, 0.3) is 0 Å². The molecule has 2 fully saturated rings. The fraction of sp³-hybridized carbons (Fsp3) is 0.621. The molecule has 244 valence electrons. The highest BCUT2D eigenvalue weighted by molar-refractivity contribution is 5.69. The number of likely N-dealkylation sites (tertiary alicyclic amines) is 1. The van der Waals surface area contributed by atoms with Crippen molar-refractivity contribution in [3.05, 3.63) is 35.0 Å². The molecule has 3 aliphatic heterocycles. The number of piperazine rings is 1. The zero-order valence-corrected chi connectivity index (χ0v) is 25.2. The van der Waals surface area contributed by atoms with E-state index in [4.69, 9.17) is 9.47 Å². The van der Waals surface area contributed by atoms with Crippen LogP contribution in [0.4, 0.5) is 38.3 Å². The van der Waals surface area contributed by atoms with E-state index in [1.54, 1.807) is 20.8 Å². The first-order valence-corrected chi connectivity index (χ1v) is 14.7. The van der Waals surface area contributed by atoms with Gasteiger partial charge in [0.15, 0.2) is 5.82 Å². The van der Waals surface area contributed by atoms with Crippen LogP contribution in [0.5, 0.6) is 6.01 Å². The van der Waals surface area contributed by atoms with Crippen molar-refractivity contribution in [1.82, 2.24) is 25.2 Å². The van der Waals surface area contributed by atoms with Crippen LogP contribution in [0.1, 0.15) is 50.4 Å². The van der Waals surface area contributed by atoms with E-state index >= 15 is 0 Å². The Bertz CT molecular complexity index is 1450. The summed E-state index contributed by atoms with van der Waals surface area (Å²) in [5.41, 5.74) is -1.51. The molecule has 5 heterocycles. The summed E-state index contributed by atoms with van der Waals surface area (Å²) in [5, 5.41) is 12.5. The molecule has 0 spiro atoms. The Labute approximate surface area is 257 Å². The minimum Gasteiger partial charge on any atom is -0.461 e. The van der Waals surface area contributed by atoms with Crippen molar-refractivity contribution < 1.29 is 36.2 Å². The van der Waals surface area contributed by atoms with Crippen LogP contribution in [0.2, 0.25) is 0 Å². The number of hydrogen-bond acceptors (Lipinski definition) is 10. The third-order valence-corrected chi connectivity index (χ3v) is 7.82. The van der Waals surface area contributed by atoms with Gasteiger partial charge in [-0.3, -0.25) is 9.88 Å². The van der Waals surface area contributed by atoms with Gasteiger partial charge in [-0.25, -0.2) is 13.6 Å². The molecule has 2 aromatic rings. The van der Waals surface area contributed by atoms with E-state index in [1.165, 1.54) is 9.80 Å². The van der Waals surface area contributed by atoms with Crippen molar-refractivity contribution in [2.75, 3.05) is 49.1 Å². The van der Waals surface area contributed by atoms with Gasteiger partial charge >= 0.3 is 18.3 Å². The number of fused-ring (bicyclic) bond motifs is 1. The average molecular weight is 639 g/mol. The third kappa shape index (κ3) is 7.46. The second kappa shape index (κ2) is 12.8. The van der Waals surface area contributed by atoms with Gasteiger partial charge in [-0.1, -0.05) is 0 Å². The summed E-state index contributed by atoms with van der Waals surface area (Å²) in [7, 11) is 0. The second-order valence-corrected chi connectivity index (χ2v) is 12.3. The summed E-state index contributed by atoms with van der Waals surface area (Å²) in [6.45, 7) is 6.40. The van der Waals surface area contributed by atoms with Gasteiger partial charge in [-0.15, -0.1) is 0 Å². The van der Waals surface area contributed by atoms with Crippen LogP contribution < -0.4 is 19.9 Å². The Morgan fingerprint density at radius 3 is 2.64 bits per heavy atom. The number of aromatic nitrogens is 3. The lowest BCUT2D eigenvalue weighted by molar-refractivity contribution is -0.139. The van der Waals surface area contributed by atoms with Crippen molar-refractivity contribution in [3.8, 4) is 12.1 Å². The lowest BCUT2D eigenvalue weighted by atomic mass is 10.0. The van der Waals surface area contributed by atoms with E-state index in [-0.39, 0.29) is 57.6 Å². The lowest BCUT2D eigenvalue weighted by Gasteiger charge is -2.37. The molecule has 2 saturated heterocycles. The van der Waals surface area contributed by atoms with Crippen molar-refractivity contribution in [2.45, 2.75) is 76.6 Å². The maximum atomic E-state index is 14.4. The zero-order valence-electron chi connectivity index (χ0n) is 25.2. The van der Waals surface area contributed by atoms with E-state index in [1.807, 2.05) is 4.90 Å². The van der Waals surface area contributed by atoms with Crippen LogP contribution in [0.25, 0.3) is 0 Å². The van der Waals surface area contributed by atoms with Gasteiger partial charge in [0.1, 0.15) is 29.8 Å². The molecule has 0 unspecified atom stereocenters. The van der Waals surface area contributed by atoms with E-state index in [0.29, 0.717) is 42.9 Å². The first kappa shape index (κ1) is 32.4. The van der Waals surface area contributed by atoms with Gasteiger partial charge in [-0.05, 0) is 27.2 Å². The summed E-state index contributed by atoms with van der Waals surface area (Å²) < 4.78 is 81.7. The van der Waals surface area contributed by atoms with Crippen molar-refractivity contribution in [1.29, 1.82) is 5.26 Å². The number of nitrogens with one attached hydrogen (secondary N) is 1. The molecule has 2 aromatic heterocycles. The van der Waals surface area contributed by atoms with Crippen LogP contribution in [-0.4, -0.2) is 89.1 Å². The largest absolute Gasteiger partial charge is 0.461 e. The van der Waals surface area contributed by atoms with Crippen LogP contribution in [0.3, 0.4) is 0 Å². The molecule has 1 N–H and O–H groups in total. The fourth-order valence-corrected chi connectivity index (χ4v) is 5.86. The molecule has 1 amide bonds. The monoisotopic (exact) mass is 638 g/mol. The smallest absolute Gasteiger partial charge is 0.421 e. The summed E-state index contributed by atoms with van der Waals surface area (Å²) in [6, 6.07) is 1.26. The highest BCUT2D eigenvalue weighted by atomic mass is 19.4. The van der Waals surface area contributed by atoms with Gasteiger partial charge in [0.2, 0.25) is 0 Å². The number of nitriles is 1. The number of alkyl halides is 4. The minimum absolute atomic E-state index is 0.0191. The van der Waals surface area contributed by atoms with E-state index < -0.39 is 47.2 Å². The Kier molecular flexibility index (Phi) is 9.20. The van der Waals surface area contributed by atoms with Gasteiger partial charge in [0.05, 0.1) is 55.4 Å². The Morgan fingerprint density at radius 1 is 1.16 bits per heavy atom. The Morgan fingerprint density at radius 2 is 1.93 bits per heavy atom. The Balaban J connectivity index is 1.45. The maximum Gasteiger partial charge on any atom is 0.421 e. The number of carbonyl (C=O) groups is 1. The number of carbonyl (C=O) groups excluding carboxylic acids is 1. The third-order valence-electron chi connectivity index (χ3n) is 7.82. The molecular weight excluding hydrogens is 603 g/mol. The molecule has 16 heteroatoms. The molecule has 0 bridgehead atoms. The number of pyridine rings is 1. The molecular formula is C29H35F5N8O3.